The SMILES string of the molecule is O=C([O-])CCC(=O)N[C@H]1CO[C@H]2[C@@H]1OC[C@@H]2Nc1nccc(-c2ccccc2)n1. The predicted molar refractivity (Wildman–Crippen MR) is 101 cm³/mol. The summed E-state index contributed by atoms with van der Waals surface area (Å²) in [6.45, 7) is 0.690. The predicted octanol–water partition coefficient (Wildman–Crippen LogP) is -0.263. The third kappa shape index (κ3) is 4.52. The van der Waals surface area contributed by atoms with Crippen molar-refractivity contribution in [3.05, 3.63) is 42.6 Å². The summed E-state index contributed by atoms with van der Waals surface area (Å²) in [5.74, 6) is -1.13. The molecule has 0 saturated carbocycles. The maximum Gasteiger partial charge on any atom is 0.223 e. The minimum atomic E-state index is -1.25. The number of carbonyl (C=O) groups is 2. The van der Waals surface area contributed by atoms with E-state index in [1.807, 2.05) is 36.4 Å². The first-order valence-electron chi connectivity index (χ1n) is 9.47. The lowest BCUT2D eigenvalue weighted by atomic mass is 10.1. The fraction of sp³-hybridized carbons (Fsp3) is 0.400. The Balaban J connectivity index is 1.36. The fourth-order valence-electron chi connectivity index (χ4n) is 3.61. The van der Waals surface area contributed by atoms with E-state index in [2.05, 4.69) is 20.6 Å². The number of carboxylic acid groups (broad SMARTS) is 1. The molecule has 2 saturated heterocycles. The summed E-state index contributed by atoms with van der Waals surface area (Å²) in [5, 5.41) is 16.5. The molecule has 29 heavy (non-hydrogen) atoms. The van der Waals surface area contributed by atoms with E-state index in [0.717, 1.165) is 11.3 Å². The van der Waals surface area contributed by atoms with E-state index >= 15 is 0 Å². The van der Waals surface area contributed by atoms with Crippen molar-refractivity contribution in [2.75, 3.05) is 18.5 Å². The number of fused-ring (bicyclic) bond motifs is 1. The molecule has 2 fully saturated rings. The average Bonchev–Trinajstić information content (AvgIpc) is 3.31. The van der Waals surface area contributed by atoms with Gasteiger partial charge in [0.1, 0.15) is 12.2 Å². The number of carboxylic acids is 1. The quantitative estimate of drug-likeness (QED) is 0.654. The lowest BCUT2D eigenvalue weighted by Gasteiger charge is -2.18. The Bertz CT molecular complexity index is 878. The number of nitrogens with one attached hydrogen (secondary N) is 2. The Morgan fingerprint density at radius 2 is 1.76 bits per heavy atom. The van der Waals surface area contributed by atoms with Crippen LogP contribution in [-0.2, 0) is 19.1 Å². The molecule has 0 unspecified atom stereocenters. The highest BCUT2D eigenvalue weighted by Gasteiger charge is 2.48. The molecule has 2 aromatic rings. The molecule has 1 aromatic heterocycles. The molecule has 1 aromatic carbocycles. The minimum absolute atomic E-state index is 0.127. The number of ether oxygens (including phenoxy) is 2. The van der Waals surface area contributed by atoms with Gasteiger partial charge in [-0.1, -0.05) is 30.3 Å². The molecule has 0 spiro atoms. The van der Waals surface area contributed by atoms with Crippen LogP contribution in [0.1, 0.15) is 12.8 Å². The molecule has 9 heteroatoms. The highest BCUT2D eigenvalue weighted by molar-refractivity contribution is 5.80. The van der Waals surface area contributed by atoms with Crippen LogP contribution in [0.2, 0.25) is 0 Å². The largest absolute Gasteiger partial charge is 0.550 e. The van der Waals surface area contributed by atoms with Crippen LogP contribution in [0.4, 0.5) is 5.95 Å². The van der Waals surface area contributed by atoms with Gasteiger partial charge in [0.15, 0.2) is 0 Å². The van der Waals surface area contributed by atoms with Gasteiger partial charge in [0.05, 0.1) is 31.0 Å². The molecule has 9 nitrogen and oxygen atoms in total. The summed E-state index contributed by atoms with van der Waals surface area (Å²) < 4.78 is 11.7. The van der Waals surface area contributed by atoms with E-state index in [0.29, 0.717) is 19.2 Å². The van der Waals surface area contributed by atoms with Gasteiger partial charge in [0.25, 0.3) is 0 Å². The number of hydrogen-bond acceptors (Lipinski definition) is 8. The van der Waals surface area contributed by atoms with Gasteiger partial charge in [-0.3, -0.25) is 4.79 Å². The highest BCUT2D eigenvalue weighted by Crippen LogP contribution is 2.29. The molecule has 2 aliphatic rings. The zero-order valence-electron chi connectivity index (χ0n) is 15.6. The molecular weight excluding hydrogens is 376 g/mol. The van der Waals surface area contributed by atoms with Gasteiger partial charge in [-0.2, -0.15) is 0 Å². The molecule has 4 rings (SSSR count). The van der Waals surface area contributed by atoms with Gasteiger partial charge in [-0.15, -0.1) is 0 Å². The summed E-state index contributed by atoms with van der Waals surface area (Å²) in [6.07, 6.45) is 0.689. The number of amides is 1. The summed E-state index contributed by atoms with van der Waals surface area (Å²) in [4.78, 5) is 31.2. The van der Waals surface area contributed by atoms with Gasteiger partial charge in [0.2, 0.25) is 11.9 Å². The normalized spacial score (nSPS) is 25.4. The van der Waals surface area contributed by atoms with Crippen LogP contribution in [0, 0.1) is 0 Å². The first-order valence-corrected chi connectivity index (χ1v) is 9.47. The van der Waals surface area contributed by atoms with E-state index in [1.165, 1.54) is 0 Å². The van der Waals surface area contributed by atoms with Crippen LogP contribution in [0.25, 0.3) is 11.3 Å². The second-order valence-corrected chi connectivity index (χ2v) is 7.02. The van der Waals surface area contributed by atoms with Crippen molar-refractivity contribution in [3.63, 3.8) is 0 Å². The molecule has 0 radical (unpaired) electrons. The number of aliphatic carboxylic acids is 1. The third-order valence-corrected chi connectivity index (χ3v) is 5.00. The van der Waals surface area contributed by atoms with Gasteiger partial charge in [-0.05, 0) is 12.5 Å². The van der Waals surface area contributed by atoms with Crippen molar-refractivity contribution in [2.24, 2.45) is 0 Å². The Morgan fingerprint density at radius 1 is 1.03 bits per heavy atom. The smallest absolute Gasteiger partial charge is 0.223 e. The lowest BCUT2D eigenvalue weighted by Crippen LogP contribution is -2.45. The van der Waals surface area contributed by atoms with Crippen molar-refractivity contribution in [1.82, 2.24) is 15.3 Å². The third-order valence-electron chi connectivity index (χ3n) is 5.00. The summed E-state index contributed by atoms with van der Waals surface area (Å²) >= 11 is 0. The summed E-state index contributed by atoms with van der Waals surface area (Å²) in [5.41, 5.74) is 1.80. The van der Waals surface area contributed by atoms with Crippen molar-refractivity contribution >= 4 is 17.8 Å². The number of aromatic nitrogens is 2. The molecule has 2 aliphatic heterocycles. The van der Waals surface area contributed by atoms with Crippen molar-refractivity contribution in [1.29, 1.82) is 0 Å². The van der Waals surface area contributed by atoms with Gasteiger partial charge in [0, 0.05) is 24.2 Å². The van der Waals surface area contributed by atoms with E-state index < -0.39 is 5.97 Å². The minimum Gasteiger partial charge on any atom is -0.550 e. The summed E-state index contributed by atoms with van der Waals surface area (Å²) in [6, 6.07) is 11.2. The monoisotopic (exact) mass is 397 g/mol. The molecule has 3 heterocycles. The molecule has 152 valence electrons. The Morgan fingerprint density at radius 3 is 2.52 bits per heavy atom. The number of carbonyl (C=O) groups excluding carboxylic acids is 2. The van der Waals surface area contributed by atoms with Crippen LogP contribution in [0.15, 0.2) is 42.6 Å². The van der Waals surface area contributed by atoms with Gasteiger partial charge >= 0.3 is 0 Å². The first-order chi connectivity index (χ1) is 14.1. The zero-order valence-corrected chi connectivity index (χ0v) is 15.6. The van der Waals surface area contributed by atoms with Crippen molar-refractivity contribution < 1.29 is 24.2 Å². The maximum absolute atomic E-state index is 11.9. The number of anilines is 1. The highest BCUT2D eigenvalue weighted by atomic mass is 16.6. The second-order valence-electron chi connectivity index (χ2n) is 7.02. The van der Waals surface area contributed by atoms with Crippen molar-refractivity contribution in [3.8, 4) is 11.3 Å². The van der Waals surface area contributed by atoms with Gasteiger partial charge < -0.3 is 30.0 Å². The lowest BCUT2D eigenvalue weighted by molar-refractivity contribution is -0.305. The van der Waals surface area contributed by atoms with Crippen LogP contribution in [0.3, 0.4) is 0 Å². The topological polar surface area (TPSA) is 126 Å². The van der Waals surface area contributed by atoms with Crippen LogP contribution in [0.5, 0.6) is 0 Å². The number of benzene rings is 1. The zero-order chi connectivity index (χ0) is 20.2. The number of rotatable bonds is 7. The van der Waals surface area contributed by atoms with Gasteiger partial charge in [-0.25, -0.2) is 9.97 Å². The van der Waals surface area contributed by atoms with E-state index in [9.17, 15) is 14.7 Å². The van der Waals surface area contributed by atoms with E-state index in [-0.39, 0.29) is 43.0 Å². The van der Waals surface area contributed by atoms with E-state index in [4.69, 9.17) is 9.47 Å². The molecule has 0 bridgehead atoms. The standard InChI is InChI=1S/C20H22N4O5/c25-16(6-7-17(26)27)22-14-10-28-19-15(11-29-18(14)19)24-20-21-9-8-13(23-20)12-4-2-1-3-5-12/h1-5,8-9,14-15,18-19H,6-7,10-11H2,(H,22,25)(H,26,27)(H,21,23,24)/p-1/t14-,15-,18+,19+/m0/s1. The fourth-order valence-corrected chi connectivity index (χ4v) is 3.61. The first kappa shape index (κ1) is 19.3. The number of nitrogens with zero attached hydrogens (tertiary/aromatic N) is 2. The Kier molecular flexibility index (Phi) is 5.68. The Hall–Kier alpha value is -3.04. The molecular formula is C20H21N4O5-. The maximum atomic E-state index is 11.9. The van der Waals surface area contributed by atoms with Crippen molar-refractivity contribution in [2.45, 2.75) is 37.1 Å². The average molecular weight is 397 g/mol. The molecule has 0 aliphatic carbocycles. The Labute approximate surface area is 167 Å². The van der Waals surface area contributed by atoms with Crippen LogP contribution in [-0.4, -0.2) is 59.3 Å². The molecule has 2 N–H and O–H groups in total. The molecule has 1 amide bonds. The van der Waals surface area contributed by atoms with Crippen LogP contribution < -0.4 is 15.7 Å². The summed E-state index contributed by atoms with van der Waals surface area (Å²) in [7, 11) is 0. The number of hydrogen-bond donors (Lipinski definition) is 2. The second kappa shape index (κ2) is 8.54. The van der Waals surface area contributed by atoms with Crippen LogP contribution >= 0.6 is 0 Å². The molecule has 4 atom stereocenters. The van der Waals surface area contributed by atoms with E-state index in [1.54, 1.807) is 6.20 Å².